The monoisotopic (exact) mass is 480 g/mol. The van der Waals surface area contributed by atoms with E-state index >= 15 is 0 Å². The van der Waals surface area contributed by atoms with Gasteiger partial charge in [-0.2, -0.15) is 0 Å². The van der Waals surface area contributed by atoms with Gasteiger partial charge in [0.15, 0.2) is 5.78 Å². The molecule has 0 aromatic heterocycles. The fourth-order valence-electron chi connectivity index (χ4n) is 2.90. The molecule has 0 bridgehead atoms. The maximum atomic E-state index is 12.9. The van der Waals surface area contributed by atoms with Gasteiger partial charge in [-0.1, -0.05) is 34.1 Å². The molecular weight excluding hydrogens is 460 g/mol. The molecular formula is C24H21BrN2O4. The lowest BCUT2D eigenvalue weighted by atomic mass is 9.98. The first-order valence-electron chi connectivity index (χ1n) is 9.68. The van der Waals surface area contributed by atoms with Gasteiger partial charge < -0.3 is 15.4 Å². The number of ether oxygens (including phenoxy) is 1. The third-order valence-electron chi connectivity index (χ3n) is 4.38. The molecule has 0 aliphatic rings. The Labute approximate surface area is 188 Å². The summed E-state index contributed by atoms with van der Waals surface area (Å²) in [7, 11) is 0. The van der Waals surface area contributed by atoms with Gasteiger partial charge >= 0.3 is 0 Å². The maximum Gasteiger partial charge on any atom is 0.252 e. The minimum atomic E-state index is -0.497. The molecule has 0 atom stereocenters. The lowest BCUT2D eigenvalue weighted by Crippen LogP contribution is -2.33. The number of hydrogen-bond donors (Lipinski definition) is 2. The first-order chi connectivity index (χ1) is 15.0. The van der Waals surface area contributed by atoms with Gasteiger partial charge in [-0.05, 0) is 61.5 Å². The van der Waals surface area contributed by atoms with Crippen molar-refractivity contribution >= 4 is 39.2 Å². The Bertz CT molecular complexity index is 1080. The number of amides is 2. The summed E-state index contributed by atoms with van der Waals surface area (Å²) in [5, 5.41) is 5.28. The van der Waals surface area contributed by atoms with Gasteiger partial charge in [-0.15, -0.1) is 0 Å². The van der Waals surface area contributed by atoms with Gasteiger partial charge in [0.1, 0.15) is 5.75 Å². The molecule has 3 aromatic carbocycles. The highest BCUT2D eigenvalue weighted by molar-refractivity contribution is 9.10. The van der Waals surface area contributed by atoms with Crippen LogP contribution in [0, 0.1) is 0 Å². The number of halogens is 1. The Balaban J connectivity index is 1.63. The average molecular weight is 481 g/mol. The van der Waals surface area contributed by atoms with Gasteiger partial charge in [-0.25, -0.2) is 0 Å². The smallest absolute Gasteiger partial charge is 0.252 e. The van der Waals surface area contributed by atoms with Crippen LogP contribution in [0.3, 0.4) is 0 Å². The van der Waals surface area contributed by atoms with E-state index in [4.69, 9.17) is 4.74 Å². The Hall–Kier alpha value is -3.45. The fraction of sp³-hybridized carbons (Fsp3) is 0.125. The second kappa shape index (κ2) is 10.5. The van der Waals surface area contributed by atoms with Crippen LogP contribution in [0.5, 0.6) is 5.75 Å². The molecule has 0 fully saturated rings. The van der Waals surface area contributed by atoms with Crippen molar-refractivity contribution in [3.63, 3.8) is 0 Å². The first-order valence-corrected chi connectivity index (χ1v) is 10.5. The molecule has 0 unspecified atom stereocenters. The summed E-state index contributed by atoms with van der Waals surface area (Å²) in [6.07, 6.45) is 0. The molecule has 0 saturated carbocycles. The van der Waals surface area contributed by atoms with Crippen LogP contribution >= 0.6 is 15.9 Å². The van der Waals surface area contributed by atoms with E-state index in [0.717, 1.165) is 4.47 Å². The predicted octanol–water partition coefficient (Wildman–Crippen LogP) is 4.45. The summed E-state index contributed by atoms with van der Waals surface area (Å²) in [5.41, 5.74) is 1.55. The predicted molar refractivity (Wildman–Crippen MR) is 123 cm³/mol. The Morgan fingerprint density at radius 3 is 2.16 bits per heavy atom. The van der Waals surface area contributed by atoms with E-state index < -0.39 is 5.91 Å². The lowest BCUT2D eigenvalue weighted by molar-refractivity contribution is -0.115. The minimum Gasteiger partial charge on any atom is -0.494 e. The lowest BCUT2D eigenvalue weighted by Gasteiger charge is -2.11. The van der Waals surface area contributed by atoms with Crippen LogP contribution in [0.4, 0.5) is 5.69 Å². The summed E-state index contributed by atoms with van der Waals surface area (Å²) in [4.78, 5) is 37.7. The zero-order chi connectivity index (χ0) is 22.2. The number of anilines is 1. The normalized spacial score (nSPS) is 10.3. The first kappa shape index (κ1) is 22.2. The Morgan fingerprint density at radius 1 is 0.871 bits per heavy atom. The van der Waals surface area contributed by atoms with Crippen molar-refractivity contribution in [2.45, 2.75) is 6.92 Å². The van der Waals surface area contributed by atoms with Crippen LogP contribution in [0.25, 0.3) is 0 Å². The van der Waals surface area contributed by atoms with Crippen LogP contribution in [0.1, 0.15) is 33.2 Å². The number of carbonyl (C=O) groups is 3. The van der Waals surface area contributed by atoms with Crippen molar-refractivity contribution in [3.8, 4) is 5.75 Å². The second-order valence-electron chi connectivity index (χ2n) is 6.57. The van der Waals surface area contributed by atoms with Crippen LogP contribution < -0.4 is 15.4 Å². The molecule has 7 heteroatoms. The molecule has 0 aliphatic carbocycles. The minimum absolute atomic E-state index is 0.212. The molecule has 31 heavy (non-hydrogen) atoms. The van der Waals surface area contributed by atoms with E-state index in [2.05, 4.69) is 26.6 Å². The van der Waals surface area contributed by atoms with Crippen molar-refractivity contribution in [2.24, 2.45) is 0 Å². The molecule has 0 aliphatic heterocycles. The molecule has 2 N–H and O–H groups in total. The van der Waals surface area contributed by atoms with Crippen LogP contribution in [-0.2, 0) is 4.79 Å². The SMILES string of the molecule is CCOc1ccc(NC(=O)CNC(=O)c2ccccc2C(=O)c2ccc(Br)cc2)cc1. The Kier molecular flexibility index (Phi) is 7.56. The third-order valence-corrected chi connectivity index (χ3v) is 4.91. The quantitative estimate of drug-likeness (QED) is 0.466. The molecule has 6 nitrogen and oxygen atoms in total. The number of carbonyl (C=O) groups excluding carboxylic acids is 3. The van der Waals surface area contributed by atoms with Crippen LogP contribution in [-0.4, -0.2) is 30.7 Å². The molecule has 0 radical (unpaired) electrons. The molecule has 2 amide bonds. The average Bonchev–Trinajstić information content (AvgIpc) is 2.79. The highest BCUT2D eigenvalue weighted by atomic mass is 79.9. The summed E-state index contributed by atoms with van der Waals surface area (Å²) < 4.78 is 6.22. The number of ketones is 1. The van der Waals surface area contributed by atoms with Gasteiger partial charge in [-0.3, -0.25) is 14.4 Å². The van der Waals surface area contributed by atoms with Crippen molar-refractivity contribution in [1.29, 1.82) is 0 Å². The summed E-state index contributed by atoms with van der Waals surface area (Å²) in [6, 6.07) is 20.4. The van der Waals surface area contributed by atoms with Crippen LogP contribution in [0.15, 0.2) is 77.3 Å². The van der Waals surface area contributed by atoms with Crippen molar-refractivity contribution in [2.75, 3.05) is 18.5 Å². The van der Waals surface area contributed by atoms with E-state index in [1.165, 1.54) is 0 Å². The van der Waals surface area contributed by atoms with Crippen LogP contribution in [0.2, 0.25) is 0 Å². The van der Waals surface area contributed by atoms with Gasteiger partial charge in [0, 0.05) is 21.3 Å². The number of hydrogen-bond acceptors (Lipinski definition) is 4. The van der Waals surface area contributed by atoms with Crippen molar-refractivity contribution < 1.29 is 19.1 Å². The molecule has 0 spiro atoms. The fourth-order valence-corrected chi connectivity index (χ4v) is 3.16. The summed E-state index contributed by atoms with van der Waals surface area (Å²) in [5.74, 6) is -0.435. The molecule has 158 valence electrons. The zero-order valence-corrected chi connectivity index (χ0v) is 18.4. The number of nitrogens with one attached hydrogen (secondary N) is 2. The molecule has 3 aromatic rings. The Morgan fingerprint density at radius 2 is 1.52 bits per heavy atom. The van der Waals surface area contributed by atoms with E-state index in [-0.39, 0.29) is 29.4 Å². The van der Waals surface area contributed by atoms with E-state index in [1.807, 2.05) is 6.92 Å². The maximum absolute atomic E-state index is 12.9. The van der Waals surface area contributed by atoms with E-state index in [9.17, 15) is 14.4 Å². The highest BCUT2D eigenvalue weighted by Gasteiger charge is 2.18. The van der Waals surface area contributed by atoms with E-state index in [0.29, 0.717) is 23.6 Å². The number of benzene rings is 3. The molecule has 3 rings (SSSR count). The zero-order valence-electron chi connectivity index (χ0n) is 16.9. The molecule has 0 heterocycles. The topological polar surface area (TPSA) is 84.5 Å². The second-order valence-corrected chi connectivity index (χ2v) is 7.49. The summed E-state index contributed by atoms with van der Waals surface area (Å²) in [6.45, 7) is 2.22. The van der Waals surface area contributed by atoms with E-state index in [1.54, 1.807) is 72.8 Å². The molecule has 0 saturated heterocycles. The van der Waals surface area contributed by atoms with Crippen molar-refractivity contribution in [3.05, 3.63) is 94.0 Å². The highest BCUT2D eigenvalue weighted by Crippen LogP contribution is 2.18. The van der Waals surface area contributed by atoms with Gasteiger partial charge in [0.05, 0.1) is 18.7 Å². The summed E-state index contributed by atoms with van der Waals surface area (Å²) >= 11 is 3.34. The standard InChI is InChI=1S/C24H21BrN2O4/c1-2-31-19-13-11-18(12-14-19)27-22(28)15-26-24(30)21-6-4-3-5-20(21)23(29)16-7-9-17(25)10-8-16/h3-14H,2,15H2,1H3,(H,26,30)(H,27,28). The largest absolute Gasteiger partial charge is 0.494 e. The van der Waals surface area contributed by atoms with Gasteiger partial charge in [0.25, 0.3) is 5.91 Å². The van der Waals surface area contributed by atoms with Gasteiger partial charge in [0.2, 0.25) is 5.91 Å². The number of rotatable bonds is 8. The third kappa shape index (κ3) is 6.02. The van der Waals surface area contributed by atoms with Crippen molar-refractivity contribution in [1.82, 2.24) is 5.32 Å².